The van der Waals surface area contributed by atoms with Crippen molar-refractivity contribution in [1.82, 2.24) is 9.55 Å². The maximum atomic E-state index is 4.44. The van der Waals surface area contributed by atoms with Crippen LogP contribution in [0.4, 0.5) is 5.95 Å². The summed E-state index contributed by atoms with van der Waals surface area (Å²) >= 11 is 2.08. The Morgan fingerprint density at radius 3 is 3.00 bits per heavy atom. The van der Waals surface area contributed by atoms with E-state index in [9.17, 15) is 0 Å². The second-order valence-corrected chi connectivity index (χ2v) is 6.25. The highest BCUT2D eigenvalue weighted by Gasteiger charge is 2.29. The minimum absolute atomic E-state index is 0.403. The zero-order valence-electron chi connectivity index (χ0n) is 9.71. The molecule has 1 saturated heterocycles. The molecule has 0 aromatic carbocycles. The second-order valence-electron chi connectivity index (χ2n) is 4.57. The molecule has 1 aromatic heterocycles. The van der Waals surface area contributed by atoms with Crippen LogP contribution in [0.25, 0.3) is 0 Å². The van der Waals surface area contributed by atoms with E-state index in [1.807, 2.05) is 20.2 Å². The van der Waals surface area contributed by atoms with Crippen molar-refractivity contribution >= 4 is 17.7 Å². The third-order valence-electron chi connectivity index (χ3n) is 2.92. The van der Waals surface area contributed by atoms with Crippen LogP contribution in [-0.4, -0.2) is 26.6 Å². The van der Waals surface area contributed by atoms with E-state index in [0.29, 0.717) is 4.75 Å². The van der Waals surface area contributed by atoms with Gasteiger partial charge in [-0.05, 0) is 32.4 Å². The summed E-state index contributed by atoms with van der Waals surface area (Å²) in [6.07, 6.45) is 4.71. The number of anilines is 1. The molecule has 1 atom stereocenters. The SMILES string of the molecule is Cc1cn(C)c(NCC2(C)CCCS2)n1. The molecule has 1 aromatic rings. The summed E-state index contributed by atoms with van der Waals surface area (Å²) in [4.78, 5) is 4.44. The molecule has 1 aliphatic heterocycles. The lowest BCUT2D eigenvalue weighted by Gasteiger charge is -2.23. The van der Waals surface area contributed by atoms with Gasteiger partial charge < -0.3 is 9.88 Å². The van der Waals surface area contributed by atoms with Gasteiger partial charge in [0.25, 0.3) is 0 Å². The highest BCUT2D eigenvalue weighted by Crippen LogP contribution is 2.37. The van der Waals surface area contributed by atoms with Crippen LogP contribution in [0.5, 0.6) is 0 Å². The van der Waals surface area contributed by atoms with Gasteiger partial charge in [0.2, 0.25) is 5.95 Å². The molecule has 1 fully saturated rings. The van der Waals surface area contributed by atoms with Gasteiger partial charge in [0.15, 0.2) is 0 Å². The number of nitrogens with zero attached hydrogens (tertiary/aromatic N) is 2. The lowest BCUT2D eigenvalue weighted by molar-refractivity contribution is 0.630. The van der Waals surface area contributed by atoms with E-state index in [-0.39, 0.29) is 0 Å². The van der Waals surface area contributed by atoms with Gasteiger partial charge in [-0.15, -0.1) is 0 Å². The fourth-order valence-corrected chi connectivity index (χ4v) is 3.27. The van der Waals surface area contributed by atoms with E-state index in [0.717, 1.165) is 18.2 Å². The predicted octanol–water partition coefficient (Wildman–Crippen LogP) is 2.43. The summed E-state index contributed by atoms with van der Waals surface area (Å²) in [5, 5.41) is 3.45. The number of nitrogens with one attached hydrogen (secondary N) is 1. The van der Waals surface area contributed by atoms with E-state index < -0.39 is 0 Å². The van der Waals surface area contributed by atoms with Crippen molar-refractivity contribution in [2.75, 3.05) is 17.6 Å². The van der Waals surface area contributed by atoms with Crippen molar-refractivity contribution in [2.24, 2.45) is 7.05 Å². The Hall–Kier alpha value is -0.640. The number of hydrogen-bond donors (Lipinski definition) is 1. The first-order valence-electron chi connectivity index (χ1n) is 5.47. The van der Waals surface area contributed by atoms with Crippen LogP contribution in [0.2, 0.25) is 0 Å². The standard InChI is InChI=1S/C11H19N3S/c1-9-7-14(3)10(13-9)12-8-11(2)5-4-6-15-11/h7H,4-6,8H2,1-3H3,(H,12,13). The highest BCUT2D eigenvalue weighted by molar-refractivity contribution is 8.00. The largest absolute Gasteiger partial charge is 0.354 e. The fraction of sp³-hybridized carbons (Fsp3) is 0.727. The second kappa shape index (κ2) is 4.08. The Morgan fingerprint density at radius 1 is 1.67 bits per heavy atom. The lowest BCUT2D eigenvalue weighted by Crippen LogP contribution is -2.27. The number of aryl methyl sites for hydroxylation is 2. The molecule has 0 aliphatic carbocycles. The Morgan fingerprint density at radius 2 is 2.47 bits per heavy atom. The molecule has 1 aliphatic rings. The van der Waals surface area contributed by atoms with Crippen LogP contribution in [-0.2, 0) is 7.05 Å². The van der Waals surface area contributed by atoms with E-state index in [4.69, 9.17) is 0 Å². The quantitative estimate of drug-likeness (QED) is 0.857. The Bertz CT molecular complexity index is 340. The molecule has 1 N–H and O–H groups in total. The minimum Gasteiger partial charge on any atom is -0.354 e. The fourth-order valence-electron chi connectivity index (χ4n) is 2.02. The van der Waals surface area contributed by atoms with Crippen LogP contribution in [0.15, 0.2) is 6.20 Å². The summed E-state index contributed by atoms with van der Waals surface area (Å²) in [6.45, 7) is 5.38. The topological polar surface area (TPSA) is 29.9 Å². The summed E-state index contributed by atoms with van der Waals surface area (Å²) in [5.41, 5.74) is 1.07. The van der Waals surface area contributed by atoms with Crippen molar-refractivity contribution in [3.05, 3.63) is 11.9 Å². The molecule has 2 rings (SSSR count). The molecule has 0 radical (unpaired) electrons. The molecule has 3 nitrogen and oxygen atoms in total. The van der Waals surface area contributed by atoms with Gasteiger partial charge in [0, 0.05) is 24.5 Å². The van der Waals surface area contributed by atoms with Gasteiger partial charge in [-0.2, -0.15) is 11.8 Å². The van der Waals surface area contributed by atoms with Crippen LogP contribution < -0.4 is 5.32 Å². The van der Waals surface area contributed by atoms with Crippen LogP contribution in [0.1, 0.15) is 25.5 Å². The zero-order valence-corrected chi connectivity index (χ0v) is 10.5. The number of hydrogen-bond acceptors (Lipinski definition) is 3. The molecule has 0 bridgehead atoms. The Balaban J connectivity index is 1.95. The van der Waals surface area contributed by atoms with E-state index in [2.05, 4.69) is 33.6 Å². The van der Waals surface area contributed by atoms with Crippen LogP contribution in [0, 0.1) is 6.92 Å². The predicted molar refractivity (Wildman–Crippen MR) is 66.5 cm³/mol. The molecule has 84 valence electrons. The maximum Gasteiger partial charge on any atom is 0.202 e. The van der Waals surface area contributed by atoms with Crippen molar-refractivity contribution in [2.45, 2.75) is 31.4 Å². The molecule has 0 saturated carbocycles. The third kappa shape index (κ3) is 2.48. The first-order chi connectivity index (χ1) is 7.09. The molecule has 0 amide bonds. The van der Waals surface area contributed by atoms with Crippen molar-refractivity contribution in [3.8, 4) is 0 Å². The summed E-state index contributed by atoms with van der Waals surface area (Å²) in [7, 11) is 2.03. The number of thioether (sulfide) groups is 1. The van der Waals surface area contributed by atoms with E-state index in [1.165, 1.54) is 18.6 Å². The molecule has 15 heavy (non-hydrogen) atoms. The summed E-state index contributed by atoms with van der Waals surface area (Å²) < 4.78 is 2.46. The molecule has 4 heteroatoms. The lowest BCUT2D eigenvalue weighted by atomic mass is 10.1. The minimum atomic E-state index is 0.403. The summed E-state index contributed by atoms with van der Waals surface area (Å²) in [6, 6.07) is 0. The first-order valence-corrected chi connectivity index (χ1v) is 6.45. The van der Waals surface area contributed by atoms with Gasteiger partial charge in [-0.25, -0.2) is 4.98 Å². The van der Waals surface area contributed by atoms with Crippen LogP contribution >= 0.6 is 11.8 Å². The van der Waals surface area contributed by atoms with E-state index >= 15 is 0 Å². The number of rotatable bonds is 3. The highest BCUT2D eigenvalue weighted by atomic mass is 32.2. The van der Waals surface area contributed by atoms with Crippen LogP contribution in [0.3, 0.4) is 0 Å². The Labute approximate surface area is 95.7 Å². The van der Waals surface area contributed by atoms with Crippen molar-refractivity contribution < 1.29 is 0 Å². The molecular weight excluding hydrogens is 206 g/mol. The van der Waals surface area contributed by atoms with Gasteiger partial charge in [-0.3, -0.25) is 0 Å². The Kier molecular flexibility index (Phi) is 2.96. The average Bonchev–Trinajstić information content (AvgIpc) is 2.71. The van der Waals surface area contributed by atoms with Gasteiger partial charge >= 0.3 is 0 Å². The normalized spacial score (nSPS) is 25.8. The van der Waals surface area contributed by atoms with Crippen molar-refractivity contribution in [1.29, 1.82) is 0 Å². The number of aromatic nitrogens is 2. The molecular formula is C11H19N3S. The monoisotopic (exact) mass is 225 g/mol. The number of imidazole rings is 1. The molecule has 2 heterocycles. The average molecular weight is 225 g/mol. The smallest absolute Gasteiger partial charge is 0.202 e. The van der Waals surface area contributed by atoms with Gasteiger partial charge in [-0.1, -0.05) is 0 Å². The van der Waals surface area contributed by atoms with E-state index in [1.54, 1.807) is 0 Å². The molecule has 0 spiro atoms. The van der Waals surface area contributed by atoms with Gasteiger partial charge in [0.05, 0.1) is 5.69 Å². The van der Waals surface area contributed by atoms with Crippen molar-refractivity contribution in [3.63, 3.8) is 0 Å². The molecule has 1 unspecified atom stereocenters. The van der Waals surface area contributed by atoms with Gasteiger partial charge in [0.1, 0.15) is 0 Å². The summed E-state index contributed by atoms with van der Waals surface area (Å²) in [5.74, 6) is 2.29. The third-order valence-corrected chi connectivity index (χ3v) is 4.46. The maximum absolute atomic E-state index is 4.44. The zero-order chi connectivity index (χ0) is 10.9. The first kappa shape index (κ1) is 10.9.